The van der Waals surface area contributed by atoms with Crippen LogP contribution in [0.4, 0.5) is 5.69 Å². The highest BCUT2D eigenvalue weighted by Gasteiger charge is 2.23. The molecule has 0 unspecified atom stereocenters. The molecule has 82 valence electrons. The number of nitrogens with zero attached hydrogens (tertiary/aromatic N) is 1. The second kappa shape index (κ2) is 3.88. The van der Waals surface area contributed by atoms with Crippen LogP contribution in [-0.2, 0) is 6.42 Å². The third-order valence-corrected chi connectivity index (χ3v) is 3.35. The van der Waals surface area contributed by atoms with Crippen molar-refractivity contribution in [1.82, 2.24) is 0 Å². The van der Waals surface area contributed by atoms with E-state index in [-0.39, 0.29) is 0 Å². The largest absolute Gasteiger partial charge is 0.369 e. The van der Waals surface area contributed by atoms with Gasteiger partial charge in [-0.3, -0.25) is 0 Å². The maximum absolute atomic E-state index is 2.52. The van der Waals surface area contributed by atoms with Gasteiger partial charge in [-0.15, -0.1) is 0 Å². The predicted molar refractivity (Wildman–Crippen MR) is 66.7 cm³/mol. The van der Waals surface area contributed by atoms with E-state index in [2.05, 4.69) is 50.8 Å². The van der Waals surface area contributed by atoms with Crippen molar-refractivity contribution >= 4 is 5.69 Å². The zero-order valence-electron chi connectivity index (χ0n) is 10.2. The van der Waals surface area contributed by atoms with Crippen LogP contribution in [0, 0.1) is 0 Å². The zero-order valence-corrected chi connectivity index (χ0v) is 10.2. The van der Waals surface area contributed by atoms with Crippen molar-refractivity contribution in [2.24, 2.45) is 0 Å². The van der Waals surface area contributed by atoms with Gasteiger partial charge in [0.2, 0.25) is 0 Å². The standard InChI is InChI=1S/C14H21N/c1-10(2)12-6-5-7-14-13(12)8-9-15(14)11(3)4/h5-7,10-11H,8-9H2,1-4H3. The van der Waals surface area contributed by atoms with Gasteiger partial charge in [0.1, 0.15) is 0 Å². The molecular weight excluding hydrogens is 182 g/mol. The van der Waals surface area contributed by atoms with Crippen LogP contribution in [0.3, 0.4) is 0 Å². The van der Waals surface area contributed by atoms with E-state index >= 15 is 0 Å². The summed E-state index contributed by atoms with van der Waals surface area (Å²) in [4.78, 5) is 2.52. The minimum absolute atomic E-state index is 0.619. The smallest absolute Gasteiger partial charge is 0.0404 e. The van der Waals surface area contributed by atoms with Crippen molar-refractivity contribution in [3.05, 3.63) is 29.3 Å². The SMILES string of the molecule is CC(C)c1cccc2c1CCN2C(C)C. The van der Waals surface area contributed by atoms with Gasteiger partial charge in [0.15, 0.2) is 0 Å². The van der Waals surface area contributed by atoms with Crippen molar-refractivity contribution in [2.45, 2.75) is 46.1 Å². The molecule has 0 amide bonds. The van der Waals surface area contributed by atoms with Crippen molar-refractivity contribution < 1.29 is 0 Å². The van der Waals surface area contributed by atoms with Crippen LogP contribution >= 0.6 is 0 Å². The van der Waals surface area contributed by atoms with Crippen LogP contribution in [0.15, 0.2) is 18.2 Å². The van der Waals surface area contributed by atoms with E-state index in [1.54, 1.807) is 5.56 Å². The summed E-state index contributed by atoms with van der Waals surface area (Å²) in [6, 6.07) is 7.38. The summed E-state index contributed by atoms with van der Waals surface area (Å²) in [7, 11) is 0. The first-order valence-electron chi connectivity index (χ1n) is 5.99. The minimum atomic E-state index is 0.619. The normalized spacial score (nSPS) is 15.2. The highest BCUT2D eigenvalue weighted by molar-refractivity contribution is 5.61. The average molecular weight is 203 g/mol. The molecule has 1 aromatic carbocycles. The molecule has 15 heavy (non-hydrogen) atoms. The Balaban J connectivity index is 2.43. The van der Waals surface area contributed by atoms with Crippen molar-refractivity contribution in [3.63, 3.8) is 0 Å². The average Bonchev–Trinajstić information content (AvgIpc) is 2.59. The number of fused-ring (bicyclic) bond motifs is 1. The number of rotatable bonds is 2. The van der Waals surface area contributed by atoms with Crippen molar-refractivity contribution in [3.8, 4) is 0 Å². The van der Waals surface area contributed by atoms with Crippen LogP contribution in [0.5, 0.6) is 0 Å². The summed E-state index contributed by atoms with van der Waals surface area (Å²) < 4.78 is 0. The molecule has 0 bridgehead atoms. The predicted octanol–water partition coefficient (Wildman–Crippen LogP) is 3.58. The Morgan fingerprint density at radius 1 is 1.13 bits per heavy atom. The summed E-state index contributed by atoms with van der Waals surface area (Å²) in [5.74, 6) is 0.645. The number of hydrogen-bond donors (Lipinski definition) is 0. The van der Waals surface area contributed by atoms with E-state index in [1.807, 2.05) is 0 Å². The third kappa shape index (κ3) is 1.75. The van der Waals surface area contributed by atoms with Crippen LogP contribution in [0.2, 0.25) is 0 Å². The van der Waals surface area contributed by atoms with Crippen molar-refractivity contribution in [1.29, 1.82) is 0 Å². The summed E-state index contributed by atoms with van der Waals surface area (Å²) in [5.41, 5.74) is 4.59. The highest BCUT2D eigenvalue weighted by Crippen LogP contribution is 2.34. The molecule has 1 heteroatoms. The molecule has 0 spiro atoms. The topological polar surface area (TPSA) is 3.24 Å². The monoisotopic (exact) mass is 203 g/mol. The first-order chi connectivity index (χ1) is 7.11. The Hall–Kier alpha value is -0.980. The summed E-state index contributed by atoms with van der Waals surface area (Å²) in [6.45, 7) is 10.3. The fourth-order valence-corrected chi connectivity index (χ4v) is 2.56. The molecule has 0 saturated heterocycles. The molecule has 1 heterocycles. The second-order valence-corrected chi connectivity index (χ2v) is 5.04. The minimum Gasteiger partial charge on any atom is -0.369 e. The summed E-state index contributed by atoms with van der Waals surface area (Å²) in [5, 5.41) is 0. The lowest BCUT2D eigenvalue weighted by molar-refractivity contribution is 0.710. The molecule has 0 atom stereocenters. The van der Waals surface area contributed by atoms with Gasteiger partial charge < -0.3 is 4.90 Å². The van der Waals surface area contributed by atoms with Crippen LogP contribution < -0.4 is 4.90 Å². The van der Waals surface area contributed by atoms with Gasteiger partial charge in [0.25, 0.3) is 0 Å². The molecule has 0 aromatic heterocycles. The first-order valence-corrected chi connectivity index (χ1v) is 5.99. The molecule has 1 aliphatic heterocycles. The van der Waals surface area contributed by atoms with E-state index in [9.17, 15) is 0 Å². The van der Waals surface area contributed by atoms with E-state index < -0.39 is 0 Å². The van der Waals surface area contributed by atoms with Gasteiger partial charge in [-0.05, 0) is 43.4 Å². The molecule has 0 saturated carbocycles. The van der Waals surface area contributed by atoms with Crippen LogP contribution in [-0.4, -0.2) is 12.6 Å². The lowest BCUT2D eigenvalue weighted by Gasteiger charge is -2.24. The quantitative estimate of drug-likeness (QED) is 0.710. The van der Waals surface area contributed by atoms with Gasteiger partial charge in [0, 0.05) is 18.3 Å². The van der Waals surface area contributed by atoms with Crippen LogP contribution in [0.25, 0.3) is 0 Å². The van der Waals surface area contributed by atoms with Gasteiger partial charge >= 0.3 is 0 Å². The Morgan fingerprint density at radius 3 is 2.47 bits per heavy atom. The van der Waals surface area contributed by atoms with Gasteiger partial charge in [-0.1, -0.05) is 26.0 Å². The molecule has 1 aliphatic rings. The molecular formula is C14H21N. The first kappa shape index (κ1) is 10.5. The highest BCUT2D eigenvalue weighted by atomic mass is 15.2. The van der Waals surface area contributed by atoms with Gasteiger partial charge in [-0.25, -0.2) is 0 Å². The maximum atomic E-state index is 2.52. The maximum Gasteiger partial charge on any atom is 0.0404 e. The Bertz CT molecular complexity index is 352. The molecule has 0 aliphatic carbocycles. The Labute approximate surface area is 93.1 Å². The zero-order chi connectivity index (χ0) is 11.0. The molecule has 1 nitrogen and oxygen atoms in total. The number of benzene rings is 1. The van der Waals surface area contributed by atoms with Crippen molar-refractivity contribution in [2.75, 3.05) is 11.4 Å². The van der Waals surface area contributed by atoms with Crippen LogP contribution in [0.1, 0.15) is 44.7 Å². The Kier molecular flexibility index (Phi) is 2.72. The molecule has 1 aromatic rings. The summed E-state index contributed by atoms with van der Waals surface area (Å²) >= 11 is 0. The van der Waals surface area contributed by atoms with E-state index in [4.69, 9.17) is 0 Å². The fraction of sp³-hybridized carbons (Fsp3) is 0.571. The molecule has 0 radical (unpaired) electrons. The second-order valence-electron chi connectivity index (χ2n) is 5.04. The molecule has 0 N–H and O–H groups in total. The lowest BCUT2D eigenvalue weighted by atomic mass is 9.95. The van der Waals surface area contributed by atoms with E-state index in [1.165, 1.54) is 24.2 Å². The lowest BCUT2D eigenvalue weighted by Crippen LogP contribution is -2.28. The van der Waals surface area contributed by atoms with Gasteiger partial charge in [0.05, 0.1) is 0 Å². The van der Waals surface area contributed by atoms with E-state index in [0.29, 0.717) is 12.0 Å². The number of hydrogen-bond acceptors (Lipinski definition) is 1. The van der Waals surface area contributed by atoms with E-state index in [0.717, 1.165) is 0 Å². The number of anilines is 1. The third-order valence-electron chi connectivity index (χ3n) is 3.35. The fourth-order valence-electron chi connectivity index (χ4n) is 2.56. The molecule has 2 rings (SSSR count). The summed E-state index contributed by atoms with van der Waals surface area (Å²) in [6.07, 6.45) is 1.22. The van der Waals surface area contributed by atoms with Gasteiger partial charge in [-0.2, -0.15) is 0 Å². The Morgan fingerprint density at radius 2 is 1.87 bits per heavy atom. The molecule has 0 fully saturated rings.